The molecule has 15 aromatic rings. The number of hydrogen-bond donors (Lipinski definition) is 0. The fraction of sp³-hybridized carbons (Fsp3) is 0.217. The minimum Gasteiger partial charge on any atom is -0.397 e. The molecule has 0 unspecified atom stereocenters. The van der Waals surface area contributed by atoms with Crippen LogP contribution in [-0.4, -0.2) is 70.5 Å². The van der Waals surface area contributed by atoms with Crippen molar-refractivity contribution in [1.29, 1.82) is 0 Å². The summed E-state index contributed by atoms with van der Waals surface area (Å²) in [5, 5.41) is 0. The fourth-order valence-electron chi connectivity index (χ4n) is 16.0. The van der Waals surface area contributed by atoms with Crippen molar-refractivity contribution in [3.05, 3.63) is 420 Å². The van der Waals surface area contributed by atoms with Crippen molar-refractivity contribution in [2.75, 3.05) is 119 Å². The van der Waals surface area contributed by atoms with Gasteiger partial charge in [-0.15, -0.1) is 101 Å². The molecule has 5 aliphatic heterocycles. The first-order chi connectivity index (χ1) is 61.2. The van der Waals surface area contributed by atoms with Crippen molar-refractivity contribution in [2.24, 2.45) is 0 Å². The molecule has 5 radical (unpaired) electrons. The summed E-state index contributed by atoms with van der Waals surface area (Å²) in [6.07, 6.45) is 4.78. The molecule has 10 nitrogen and oxygen atoms in total. The minimum atomic E-state index is 0. The van der Waals surface area contributed by atoms with Gasteiger partial charge >= 0.3 is 0 Å². The van der Waals surface area contributed by atoms with Crippen molar-refractivity contribution in [1.82, 2.24) is 0 Å². The van der Waals surface area contributed by atoms with Gasteiger partial charge in [0.2, 0.25) is 0 Å². The zero-order valence-electron chi connectivity index (χ0n) is 79.8. The zero-order valence-corrected chi connectivity index (χ0v) is 94.0. The van der Waals surface area contributed by atoms with Crippen LogP contribution in [0.4, 0.5) is 114 Å². The number of fused-ring (bicyclic) bond motifs is 10. The third-order valence-corrected chi connectivity index (χ3v) is 22.5. The van der Waals surface area contributed by atoms with Gasteiger partial charge in [-0.05, 0) is 111 Å². The van der Waals surface area contributed by atoms with Crippen molar-refractivity contribution in [2.45, 2.75) is 101 Å². The van der Waals surface area contributed by atoms with E-state index >= 15 is 0 Å². The predicted molar refractivity (Wildman–Crippen MR) is 536 cm³/mol. The number of nitrogens with zero attached hydrogens (tertiary/aromatic N) is 10. The summed E-state index contributed by atoms with van der Waals surface area (Å²) in [4.78, 5) is 21.9. The van der Waals surface area contributed by atoms with Gasteiger partial charge in [-0.3, -0.25) is 0 Å². The van der Waals surface area contributed by atoms with Crippen LogP contribution in [0.2, 0.25) is 0 Å². The van der Waals surface area contributed by atoms with Gasteiger partial charge in [-0.25, -0.2) is 0 Å². The Morgan fingerprint density at radius 2 is 0.469 bits per heavy atom. The maximum absolute atomic E-state index is 3.60. The maximum Gasteiger partial charge on any atom is 0.0415 e. The Morgan fingerprint density at radius 3 is 0.823 bits per heavy atom. The Balaban J connectivity index is 0.000000242. The quantitative estimate of drug-likeness (QED) is 0.124. The van der Waals surface area contributed by atoms with E-state index in [1.807, 2.05) is 160 Å². The van der Waals surface area contributed by atoms with Crippen molar-refractivity contribution >= 4 is 114 Å². The smallest absolute Gasteiger partial charge is 0.0415 e. The second kappa shape index (κ2) is 55.5. The first-order valence-electron chi connectivity index (χ1n) is 44.0. The summed E-state index contributed by atoms with van der Waals surface area (Å²) in [6.45, 7) is 20.0. The van der Waals surface area contributed by atoms with E-state index in [1.165, 1.54) is 107 Å². The molecule has 15 heteroatoms. The van der Waals surface area contributed by atoms with Gasteiger partial charge < -0.3 is 49.0 Å². The molecule has 15 aromatic carbocycles. The fourth-order valence-corrected chi connectivity index (χ4v) is 16.0. The molecule has 0 aromatic heterocycles. The van der Waals surface area contributed by atoms with Crippen LogP contribution < -0.4 is 49.0 Å². The summed E-state index contributed by atoms with van der Waals surface area (Å²) in [5.74, 6) is 0. The summed E-state index contributed by atoms with van der Waals surface area (Å²) in [6, 6.07) is 138. The van der Waals surface area contributed by atoms with Gasteiger partial charge in [0.25, 0.3) is 0 Å². The van der Waals surface area contributed by atoms with E-state index in [1.54, 1.807) is 0 Å². The topological polar surface area (TPSA) is 32.4 Å². The molecule has 0 bridgehead atoms. The molecule has 130 heavy (non-hydrogen) atoms. The molecule has 0 amide bonds. The second-order valence-corrected chi connectivity index (χ2v) is 29.5. The Morgan fingerprint density at radius 1 is 0.200 bits per heavy atom. The molecule has 20 rings (SSSR count). The second-order valence-electron chi connectivity index (χ2n) is 29.5. The Labute approximate surface area is 906 Å². The molecule has 0 saturated carbocycles. The third-order valence-electron chi connectivity index (χ3n) is 22.5. The SMILES string of the molecule is CC.CC.CC.CC.CC.CN(c1[c-]cccc1)c1[c-]c2c(cc1)Cc1ccccc1N2C.CN(c1[c-]cccc1)c1[c-]c2c(cc1)N(C)c1ccccc1C2.CN(c1[c-]cccc1)c1[c-]cc2c(c1)Cc1ccccc1N2C.CN(c1[c-]cccc1)c1[c-]cc2c(c1)Cc1ccccc1N2C.CN(c1[c-]cccc1)c1[c-]cc2c(c1)N(C)c1ccccc1C2.[Y].[Y].[Y].[Y].[Y]. The zero-order chi connectivity index (χ0) is 89.1. The van der Waals surface area contributed by atoms with Crippen LogP contribution in [0, 0.1) is 60.7 Å². The van der Waals surface area contributed by atoms with Crippen LogP contribution in [0.1, 0.15) is 125 Å². The van der Waals surface area contributed by atoms with Gasteiger partial charge in [0.05, 0.1) is 0 Å². The molecular formula is C115H120N10Y5-10. The van der Waals surface area contributed by atoms with Gasteiger partial charge in [-0.1, -0.05) is 246 Å². The Bertz CT molecular complexity index is 5420. The molecule has 0 atom stereocenters. The van der Waals surface area contributed by atoms with Crippen LogP contribution in [-0.2, 0) is 196 Å². The van der Waals surface area contributed by atoms with Crippen molar-refractivity contribution in [3.63, 3.8) is 0 Å². The first kappa shape index (κ1) is 111. The van der Waals surface area contributed by atoms with Crippen LogP contribution in [0.5, 0.6) is 0 Å². The summed E-state index contributed by atoms with van der Waals surface area (Å²) in [7, 11) is 20.9. The molecular weight excluding hydrogens is 1970 g/mol. The number of para-hydroxylation sites is 10. The number of rotatable bonds is 10. The van der Waals surface area contributed by atoms with Gasteiger partial charge in [-0.2, -0.15) is 170 Å². The van der Waals surface area contributed by atoms with Gasteiger partial charge in [0.15, 0.2) is 0 Å². The normalized spacial score (nSPS) is 11.3. The van der Waals surface area contributed by atoms with E-state index in [0.29, 0.717) is 0 Å². The van der Waals surface area contributed by atoms with E-state index < -0.39 is 0 Å². The van der Waals surface area contributed by atoms with E-state index in [9.17, 15) is 0 Å². The van der Waals surface area contributed by atoms with Gasteiger partial charge in [0.1, 0.15) is 0 Å². The summed E-state index contributed by atoms with van der Waals surface area (Å²) < 4.78 is 0. The Hall–Kier alpha value is -8.18. The molecule has 655 valence electrons. The van der Waals surface area contributed by atoms with Gasteiger partial charge in [0, 0.05) is 241 Å². The first-order valence-corrected chi connectivity index (χ1v) is 44.0. The maximum atomic E-state index is 3.60. The third kappa shape index (κ3) is 26.7. The predicted octanol–water partition coefficient (Wildman–Crippen LogP) is 28.8. The van der Waals surface area contributed by atoms with Crippen molar-refractivity contribution in [3.8, 4) is 0 Å². The van der Waals surface area contributed by atoms with Crippen LogP contribution >= 0.6 is 0 Å². The van der Waals surface area contributed by atoms with E-state index in [4.69, 9.17) is 0 Å². The monoisotopic (exact) mass is 2090 g/mol. The largest absolute Gasteiger partial charge is 0.397 e. The van der Waals surface area contributed by atoms with Crippen LogP contribution in [0.3, 0.4) is 0 Å². The van der Waals surface area contributed by atoms with E-state index in [-0.39, 0.29) is 164 Å². The summed E-state index contributed by atoms with van der Waals surface area (Å²) in [5.41, 5.74) is 36.4. The average molecular weight is 2090 g/mol. The molecule has 0 N–H and O–H groups in total. The van der Waals surface area contributed by atoms with Crippen LogP contribution in [0.15, 0.2) is 303 Å². The molecule has 0 saturated heterocycles. The number of hydrogen-bond acceptors (Lipinski definition) is 10. The van der Waals surface area contributed by atoms with Crippen molar-refractivity contribution < 1.29 is 164 Å². The Kier molecular flexibility index (Phi) is 47.2. The van der Waals surface area contributed by atoms with Crippen LogP contribution in [0.25, 0.3) is 0 Å². The minimum absolute atomic E-state index is 0. The number of benzene rings is 15. The van der Waals surface area contributed by atoms with E-state index in [2.05, 4.69) is 392 Å². The summed E-state index contributed by atoms with van der Waals surface area (Å²) >= 11 is 0. The van der Waals surface area contributed by atoms with E-state index in [0.717, 1.165) is 94.7 Å². The molecule has 0 fully saturated rings. The molecule has 5 heterocycles. The molecule has 5 aliphatic rings. The average Bonchev–Trinajstić information content (AvgIpc) is 0.803. The number of anilines is 20. The molecule has 0 spiro atoms. The standard InChI is InChI=1S/5C21H18N2.5C2H6.5Y/c3*1-22(18-9-4-3-5-10-18)19-12-13-21-17(15-19)14-16-8-6-7-11-20(16)23(21)2;2*1-22(18-9-4-3-5-10-18)19-13-12-17-14-16-8-6-7-11-20(16)23(2)21(17)15-19;5*1-2;;;;;/h2*3-9,11,13,15H,14H2,1-2H3;3-9,11-13H,14H2,1-2H3;3-9,11-12,15H,14H2,1-2H3;3-9,11-13H,14H2,1-2H3;5*1-2H3;;;;;/q5*-2;;;;;;;;;;. The molecule has 0 aliphatic carbocycles.